The molecule has 0 unspecified atom stereocenters. The molecule has 3 rings (SSSR count). The number of aryl methyl sites for hydroxylation is 1. The third kappa shape index (κ3) is 3.18. The molecule has 7 nitrogen and oxygen atoms in total. The SMILES string of the molecule is COc1ccc(CN2CCCC[C@H]2c2n[nH]c(C)n2)nn1. The van der Waals surface area contributed by atoms with Gasteiger partial charge in [-0.05, 0) is 32.4 Å². The van der Waals surface area contributed by atoms with Crippen molar-refractivity contribution < 1.29 is 4.74 Å². The Morgan fingerprint density at radius 2 is 2.24 bits per heavy atom. The molecule has 1 aliphatic heterocycles. The molecule has 3 heterocycles. The lowest BCUT2D eigenvalue weighted by molar-refractivity contribution is 0.132. The number of H-pyrrole nitrogens is 1. The van der Waals surface area contributed by atoms with Crippen LogP contribution < -0.4 is 4.74 Å². The maximum Gasteiger partial charge on any atom is 0.233 e. The average Bonchev–Trinajstić information content (AvgIpc) is 2.95. The van der Waals surface area contributed by atoms with E-state index < -0.39 is 0 Å². The summed E-state index contributed by atoms with van der Waals surface area (Å²) in [6.45, 7) is 3.72. The van der Waals surface area contributed by atoms with Gasteiger partial charge in [-0.25, -0.2) is 4.98 Å². The van der Waals surface area contributed by atoms with E-state index in [-0.39, 0.29) is 6.04 Å². The van der Waals surface area contributed by atoms with Gasteiger partial charge in [0.05, 0.1) is 18.8 Å². The van der Waals surface area contributed by atoms with Crippen molar-refractivity contribution in [2.75, 3.05) is 13.7 Å². The number of hydrogen-bond donors (Lipinski definition) is 1. The van der Waals surface area contributed by atoms with Gasteiger partial charge in [0.1, 0.15) is 5.82 Å². The second kappa shape index (κ2) is 6.17. The molecule has 1 aliphatic rings. The van der Waals surface area contributed by atoms with Crippen LogP contribution in [-0.4, -0.2) is 43.9 Å². The number of nitrogens with zero attached hydrogens (tertiary/aromatic N) is 5. The van der Waals surface area contributed by atoms with Crippen molar-refractivity contribution in [2.45, 2.75) is 38.8 Å². The molecule has 0 amide bonds. The number of ether oxygens (including phenoxy) is 1. The van der Waals surface area contributed by atoms with Gasteiger partial charge in [0.15, 0.2) is 5.82 Å². The molecule has 1 N–H and O–H groups in total. The summed E-state index contributed by atoms with van der Waals surface area (Å²) in [5, 5.41) is 15.5. The van der Waals surface area contributed by atoms with Crippen LogP contribution in [0.3, 0.4) is 0 Å². The maximum absolute atomic E-state index is 5.04. The largest absolute Gasteiger partial charge is 0.480 e. The van der Waals surface area contributed by atoms with E-state index in [9.17, 15) is 0 Å². The lowest BCUT2D eigenvalue weighted by Crippen LogP contribution is -2.34. The summed E-state index contributed by atoms with van der Waals surface area (Å²) < 4.78 is 5.04. The second-order valence-electron chi connectivity index (χ2n) is 5.33. The summed E-state index contributed by atoms with van der Waals surface area (Å²) in [7, 11) is 1.59. The van der Waals surface area contributed by atoms with Crippen molar-refractivity contribution in [2.24, 2.45) is 0 Å². The van der Waals surface area contributed by atoms with Gasteiger partial charge in [-0.15, -0.1) is 5.10 Å². The number of likely N-dealkylation sites (tertiary alicyclic amines) is 1. The molecule has 2 aromatic heterocycles. The molecule has 1 fully saturated rings. The lowest BCUT2D eigenvalue weighted by Gasteiger charge is -2.33. The van der Waals surface area contributed by atoms with Crippen LogP contribution in [0.15, 0.2) is 12.1 Å². The van der Waals surface area contributed by atoms with E-state index in [1.165, 1.54) is 12.8 Å². The quantitative estimate of drug-likeness (QED) is 0.921. The minimum absolute atomic E-state index is 0.257. The third-order valence-corrected chi connectivity index (χ3v) is 3.80. The summed E-state index contributed by atoms with van der Waals surface area (Å²) in [5.41, 5.74) is 0.940. The Morgan fingerprint density at radius 1 is 1.33 bits per heavy atom. The fourth-order valence-corrected chi connectivity index (χ4v) is 2.73. The molecule has 0 saturated carbocycles. The Morgan fingerprint density at radius 3 is 2.90 bits per heavy atom. The first kappa shape index (κ1) is 13.9. The number of methoxy groups -OCH3 is 1. The summed E-state index contributed by atoms with van der Waals surface area (Å²) in [6.07, 6.45) is 3.49. The third-order valence-electron chi connectivity index (χ3n) is 3.80. The van der Waals surface area contributed by atoms with Gasteiger partial charge in [0.2, 0.25) is 5.88 Å². The lowest BCUT2D eigenvalue weighted by atomic mass is 10.0. The van der Waals surface area contributed by atoms with Crippen LogP contribution in [0.4, 0.5) is 0 Å². The zero-order valence-electron chi connectivity index (χ0n) is 12.4. The van der Waals surface area contributed by atoms with Crippen LogP contribution in [-0.2, 0) is 6.54 Å². The summed E-state index contributed by atoms with van der Waals surface area (Å²) in [6, 6.07) is 4.06. The molecule has 7 heteroatoms. The second-order valence-corrected chi connectivity index (χ2v) is 5.33. The molecule has 0 radical (unpaired) electrons. The van der Waals surface area contributed by atoms with Crippen LogP contribution in [0.2, 0.25) is 0 Å². The normalized spacial score (nSPS) is 19.6. The van der Waals surface area contributed by atoms with E-state index in [4.69, 9.17) is 4.74 Å². The number of aromatic amines is 1. The molecular weight excluding hydrogens is 268 g/mol. The number of piperidine rings is 1. The number of nitrogens with one attached hydrogen (secondary N) is 1. The van der Waals surface area contributed by atoms with Gasteiger partial charge in [-0.1, -0.05) is 6.42 Å². The van der Waals surface area contributed by atoms with Crippen molar-refractivity contribution in [1.82, 2.24) is 30.3 Å². The minimum atomic E-state index is 0.257. The van der Waals surface area contributed by atoms with Crippen LogP contribution >= 0.6 is 0 Å². The average molecular weight is 288 g/mol. The van der Waals surface area contributed by atoms with Gasteiger partial charge < -0.3 is 4.74 Å². The maximum atomic E-state index is 5.04. The Bertz CT molecular complexity index is 581. The smallest absolute Gasteiger partial charge is 0.233 e. The van der Waals surface area contributed by atoms with E-state index >= 15 is 0 Å². The summed E-state index contributed by atoms with van der Waals surface area (Å²) >= 11 is 0. The molecule has 21 heavy (non-hydrogen) atoms. The van der Waals surface area contributed by atoms with E-state index in [2.05, 4.69) is 30.3 Å². The van der Waals surface area contributed by atoms with E-state index in [0.29, 0.717) is 5.88 Å². The Hall–Kier alpha value is -2.02. The highest BCUT2D eigenvalue weighted by molar-refractivity contribution is 5.11. The Kier molecular flexibility index (Phi) is 4.10. The minimum Gasteiger partial charge on any atom is -0.480 e. The molecule has 0 aromatic carbocycles. The van der Waals surface area contributed by atoms with Crippen LogP contribution in [0.25, 0.3) is 0 Å². The predicted octanol–water partition coefficient (Wildman–Crippen LogP) is 1.64. The van der Waals surface area contributed by atoms with Gasteiger partial charge >= 0.3 is 0 Å². The highest BCUT2D eigenvalue weighted by atomic mass is 16.5. The van der Waals surface area contributed by atoms with Crippen LogP contribution in [0.5, 0.6) is 5.88 Å². The molecule has 0 spiro atoms. The summed E-state index contributed by atoms with van der Waals surface area (Å²) in [5.74, 6) is 2.28. The van der Waals surface area contributed by atoms with Gasteiger partial charge in [0, 0.05) is 12.6 Å². The van der Waals surface area contributed by atoms with Crippen molar-refractivity contribution in [3.8, 4) is 5.88 Å². The molecular formula is C14H20N6O. The highest BCUT2D eigenvalue weighted by Crippen LogP contribution is 2.29. The van der Waals surface area contributed by atoms with Crippen molar-refractivity contribution in [3.05, 3.63) is 29.5 Å². The standard InChI is InChI=1S/C14H20N6O/c1-10-15-14(19-16-10)12-5-3-4-8-20(12)9-11-6-7-13(21-2)18-17-11/h6-7,12H,3-5,8-9H2,1-2H3,(H,15,16,19)/t12-/m0/s1. The first-order valence-corrected chi connectivity index (χ1v) is 7.26. The Balaban J connectivity index is 1.74. The molecule has 1 atom stereocenters. The summed E-state index contributed by atoms with van der Waals surface area (Å²) in [4.78, 5) is 6.87. The number of aromatic nitrogens is 5. The van der Waals surface area contributed by atoms with Gasteiger partial charge in [0.25, 0.3) is 0 Å². The van der Waals surface area contributed by atoms with Crippen LogP contribution in [0.1, 0.15) is 42.6 Å². The van der Waals surface area contributed by atoms with Crippen LogP contribution in [0, 0.1) is 6.92 Å². The van der Waals surface area contributed by atoms with E-state index in [1.54, 1.807) is 7.11 Å². The first-order valence-electron chi connectivity index (χ1n) is 7.26. The Labute approximate surface area is 123 Å². The monoisotopic (exact) mass is 288 g/mol. The molecule has 112 valence electrons. The first-order chi connectivity index (χ1) is 10.3. The molecule has 1 saturated heterocycles. The zero-order valence-corrected chi connectivity index (χ0v) is 12.4. The number of rotatable bonds is 4. The van der Waals surface area contributed by atoms with Crippen molar-refractivity contribution in [1.29, 1.82) is 0 Å². The topological polar surface area (TPSA) is 79.8 Å². The number of hydrogen-bond acceptors (Lipinski definition) is 6. The fraction of sp³-hybridized carbons (Fsp3) is 0.571. The van der Waals surface area contributed by atoms with E-state index in [1.807, 2.05) is 19.1 Å². The van der Waals surface area contributed by atoms with Crippen molar-refractivity contribution in [3.63, 3.8) is 0 Å². The molecule has 0 bridgehead atoms. The van der Waals surface area contributed by atoms with Gasteiger partial charge in [-0.2, -0.15) is 10.2 Å². The fourth-order valence-electron chi connectivity index (χ4n) is 2.73. The zero-order chi connectivity index (χ0) is 14.7. The molecule has 0 aliphatic carbocycles. The predicted molar refractivity (Wildman–Crippen MR) is 76.7 cm³/mol. The van der Waals surface area contributed by atoms with E-state index in [0.717, 1.165) is 36.9 Å². The van der Waals surface area contributed by atoms with Crippen molar-refractivity contribution >= 4 is 0 Å². The molecule has 2 aromatic rings. The van der Waals surface area contributed by atoms with Gasteiger partial charge in [-0.3, -0.25) is 10.00 Å². The highest BCUT2D eigenvalue weighted by Gasteiger charge is 2.27.